The molecule has 0 saturated heterocycles. The maximum absolute atomic E-state index is 12.0. The first-order valence-corrected chi connectivity index (χ1v) is 6.40. The molecule has 0 spiro atoms. The van der Waals surface area contributed by atoms with Crippen molar-refractivity contribution in [1.29, 1.82) is 0 Å². The standard InChI is InChI=1S/C13H28N2O2/c1-7-8-10(2)14-12(17)11(3)15(6)13(4,5)9-16/h10-11,16H,7-9H2,1-6H3,(H,14,17). The van der Waals surface area contributed by atoms with Crippen LogP contribution in [0.3, 0.4) is 0 Å². The van der Waals surface area contributed by atoms with Crippen LogP contribution in [0.25, 0.3) is 0 Å². The average molecular weight is 244 g/mol. The number of likely N-dealkylation sites (N-methyl/N-ethyl adjacent to an activating group) is 1. The van der Waals surface area contributed by atoms with E-state index in [4.69, 9.17) is 0 Å². The Morgan fingerprint density at radius 1 is 1.41 bits per heavy atom. The molecule has 0 bridgehead atoms. The number of hydrogen-bond acceptors (Lipinski definition) is 3. The van der Waals surface area contributed by atoms with Gasteiger partial charge in [0.1, 0.15) is 0 Å². The van der Waals surface area contributed by atoms with Gasteiger partial charge in [-0.25, -0.2) is 0 Å². The average Bonchev–Trinajstić information content (AvgIpc) is 2.27. The van der Waals surface area contributed by atoms with Gasteiger partial charge in [0, 0.05) is 11.6 Å². The number of nitrogens with zero attached hydrogens (tertiary/aromatic N) is 1. The topological polar surface area (TPSA) is 52.6 Å². The number of carbonyl (C=O) groups excluding carboxylic acids is 1. The summed E-state index contributed by atoms with van der Waals surface area (Å²) in [5, 5.41) is 12.3. The first-order chi connectivity index (χ1) is 7.76. The van der Waals surface area contributed by atoms with Gasteiger partial charge < -0.3 is 10.4 Å². The van der Waals surface area contributed by atoms with E-state index in [-0.39, 0.29) is 30.1 Å². The van der Waals surface area contributed by atoms with Crippen LogP contribution in [0.2, 0.25) is 0 Å². The number of carbonyl (C=O) groups is 1. The molecule has 4 heteroatoms. The van der Waals surface area contributed by atoms with Crippen molar-refractivity contribution in [2.45, 2.75) is 65.1 Å². The Kier molecular flexibility index (Phi) is 6.72. The fraction of sp³-hybridized carbons (Fsp3) is 0.923. The predicted octanol–water partition coefficient (Wildman–Crippen LogP) is 1.38. The summed E-state index contributed by atoms with van der Waals surface area (Å²) in [5.41, 5.74) is -0.384. The number of hydrogen-bond donors (Lipinski definition) is 2. The molecule has 0 aliphatic rings. The maximum atomic E-state index is 12.0. The Hall–Kier alpha value is -0.610. The Balaban J connectivity index is 4.40. The van der Waals surface area contributed by atoms with Gasteiger partial charge in [-0.1, -0.05) is 13.3 Å². The zero-order chi connectivity index (χ0) is 13.6. The van der Waals surface area contributed by atoms with Crippen molar-refractivity contribution in [1.82, 2.24) is 10.2 Å². The molecule has 0 aromatic carbocycles. The minimum atomic E-state index is -0.384. The minimum absolute atomic E-state index is 0.0231. The maximum Gasteiger partial charge on any atom is 0.237 e. The van der Waals surface area contributed by atoms with Crippen LogP contribution in [0.4, 0.5) is 0 Å². The molecule has 0 saturated carbocycles. The van der Waals surface area contributed by atoms with Gasteiger partial charge >= 0.3 is 0 Å². The van der Waals surface area contributed by atoms with Crippen LogP contribution in [-0.4, -0.2) is 47.2 Å². The third-order valence-electron chi connectivity index (χ3n) is 3.41. The summed E-state index contributed by atoms with van der Waals surface area (Å²) < 4.78 is 0. The predicted molar refractivity (Wildman–Crippen MR) is 70.9 cm³/mol. The molecular formula is C13H28N2O2. The molecule has 0 aromatic rings. The van der Waals surface area contributed by atoms with E-state index in [1.165, 1.54) is 0 Å². The van der Waals surface area contributed by atoms with E-state index in [1.54, 1.807) is 0 Å². The molecule has 0 aliphatic carbocycles. The van der Waals surface area contributed by atoms with Crippen molar-refractivity contribution in [2.24, 2.45) is 0 Å². The Morgan fingerprint density at radius 2 is 1.94 bits per heavy atom. The molecule has 102 valence electrons. The van der Waals surface area contributed by atoms with Gasteiger partial charge in [0.2, 0.25) is 5.91 Å². The van der Waals surface area contributed by atoms with Crippen molar-refractivity contribution < 1.29 is 9.90 Å². The van der Waals surface area contributed by atoms with E-state index in [9.17, 15) is 9.90 Å². The van der Waals surface area contributed by atoms with Gasteiger partial charge in [-0.05, 0) is 41.2 Å². The van der Waals surface area contributed by atoms with Crippen molar-refractivity contribution in [2.75, 3.05) is 13.7 Å². The first-order valence-electron chi connectivity index (χ1n) is 6.40. The number of aliphatic hydroxyl groups is 1. The van der Waals surface area contributed by atoms with Crippen LogP contribution >= 0.6 is 0 Å². The molecule has 2 unspecified atom stereocenters. The van der Waals surface area contributed by atoms with Crippen molar-refractivity contribution in [3.05, 3.63) is 0 Å². The fourth-order valence-corrected chi connectivity index (χ4v) is 1.68. The van der Waals surface area contributed by atoms with Gasteiger partial charge in [-0.15, -0.1) is 0 Å². The summed E-state index contributed by atoms with van der Waals surface area (Å²) in [6, 6.07) is -0.0305. The van der Waals surface area contributed by atoms with Crippen LogP contribution < -0.4 is 5.32 Å². The fourth-order valence-electron chi connectivity index (χ4n) is 1.68. The highest BCUT2D eigenvalue weighted by atomic mass is 16.3. The second-order valence-corrected chi connectivity index (χ2v) is 5.46. The minimum Gasteiger partial charge on any atom is -0.394 e. The van der Waals surface area contributed by atoms with E-state index in [0.717, 1.165) is 12.8 Å². The third kappa shape index (κ3) is 5.04. The molecule has 0 rings (SSSR count). The summed E-state index contributed by atoms with van der Waals surface area (Å²) >= 11 is 0. The number of aliphatic hydroxyl groups excluding tert-OH is 1. The van der Waals surface area contributed by atoms with E-state index in [0.29, 0.717) is 0 Å². The Bertz CT molecular complexity index is 242. The molecule has 2 atom stereocenters. The van der Waals surface area contributed by atoms with Gasteiger partial charge in [-0.2, -0.15) is 0 Å². The highest BCUT2D eigenvalue weighted by Gasteiger charge is 2.30. The van der Waals surface area contributed by atoms with Crippen molar-refractivity contribution in [3.63, 3.8) is 0 Å². The highest BCUT2D eigenvalue weighted by Crippen LogP contribution is 2.14. The second kappa shape index (κ2) is 6.97. The Labute approximate surface area is 105 Å². The molecule has 0 aromatic heterocycles. The molecule has 4 nitrogen and oxygen atoms in total. The molecule has 0 heterocycles. The number of amides is 1. The molecular weight excluding hydrogens is 216 g/mol. The summed E-state index contributed by atoms with van der Waals surface area (Å²) in [6.45, 7) is 9.87. The molecule has 1 amide bonds. The lowest BCUT2D eigenvalue weighted by atomic mass is 10.0. The summed E-state index contributed by atoms with van der Waals surface area (Å²) in [6.07, 6.45) is 2.05. The number of rotatable bonds is 7. The summed E-state index contributed by atoms with van der Waals surface area (Å²) in [4.78, 5) is 13.9. The molecule has 0 radical (unpaired) electrons. The summed E-state index contributed by atoms with van der Waals surface area (Å²) in [7, 11) is 1.87. The zero-order valence-electron chi connectivity index (χ0n) is 12.1. The van der Waals surface area contributed by atoms with Crippen LogP contribution in [0.15, 0.2) is 0 Å². The molecule has 17 heavy (non-hydrogen) atoms. The monoisotopic (exact) mass is 244 g/mol. The van der Waals surface area contributed by atoms with Gasteiger partial charge in [0.05, 0.1) is 12.6 Å². The number of nitrogens with one attached hydrogen (secondary N) is 1. The van der Waals surface area contributed by atoms with E-state index in [2.05, 4.69) is 12.2 Å². The van der Waals surface area contributed by atoms with Crippen LogP contribution in [0.1, 0.15) is 47.5 Å². The van der Waals surface area contributed by atoms with Crippen molar-refractivity contribution >= 4 is 5.91 Å². The lowest BCUT2D eigenvalue weighted by Crippen LogP contribution is -2.55. The molecule has 2 N–H and O–H groups in total. The quantitative estimate of drug-likeness (QED) is 0.711. The molecule has 0 fully saturated rings. The SMILES string of the molecule is CCCC(C)NC(=O)C(C)N(C)C(C)(C)CO. The van der Waals surface area contributed by atoms with Crippen molar-refractivity contribution in [3.8, 4) is 0 Å². The largest absolute Gasteiger partial charge is 0.394 e. The second-order valence-electron chi connectivity index (χ2n) is 5.46. The van der Waals surface area contributed by atoms with Crippen LogP contribution in [0, 0.1) is 0 Å². The highest BCUT2D eigenvalue weighted by molar-refractivity contribution is 5.81. The lowest BCUT2D eigenvalue weighted by Gasteiger charge is -2.38. The van der Waals surface area contributed by atoms with E-state index < -0.39 is 0 Å². The first kappa shape index (κ1) is 16.4. The Morgan fingerprint density at radius 3 is 2.35 bits per heavy atom. The van der Waals surface area contributed by atoms with E-state index in [1.807, 2.05) is 39.6 Å². The molecule has 0 aliphatic heterocycles. The third-order valence-corrected chi connectivity index (χ3v) is 3.41. The normalized spacial score (nSPS) is 15.8. The van der Waals surface area contributed by atoms with E-state index >= 15 is 0 Å². The van der Waals surface area contributed by atoms with Crippen LogP contribution in [0.5, 0.6) is 0 Å². The van der Waals surface area contributed by atoms with Gasteiger partial charge in [-0.3, -0.25) is 9.69 Å². The lowest BCUT2D eigenvalue weighted by molar-refractivity contribution is -0.128. The summed E-state index contributed by atoms with van der Waals surface area (Å²) in [5.74, 6) is 0.0231. The van der Waals surface area contributed by atoms with Gasteiger partial charge in [0.15, 0.2) is 0 Å². The zero-order valence-corrected chi connectivity index (χ0v) is 12.1. The van der Waals surface area contributed by atoms with Crippen LogP contribution in [-0.2, 0) is 4.79 Å². The smallest absolute Gasteiger partial charge is 0.237 e. The van der Waals surface area contributed by atoms with Gasteiger partial charge in [0.25, 0.3) is 0 Å².